The van der Waals surface area contributed by atoms with Crippen LogP contribution in [0.25, 0.3) is 0 Å². The fraction of sp³-hybridized carbons (Fsp3) is 0.250. The van der Waals surface area contributed by atoms with Crippen molar-refractivity contribution in [2.45, 2.75) is 58.7 Å². The van der Waals surface area contributed by atoms with Crippen molar-refractivity contribution >= 4 is 29.0 Å². The Morgan fingerprint density at radius 2 is 0.720 bits per heavy atom. The van der Waals surface area contributed by atoms with Gasteiger partial charge in [-0.05, 0) is 59.4 Å². The molecular formula is C68H72N6O8. The molecule has 2 aliphatic rings. The van der Waals surface area contributed by atoms with Crippen LogP contribution in [0.15, 0.2) is 218 Å². The number of rotatable bonds is 16. The minimum atomic E-state index is -0.715. The minimum Gasteiger partial charge on any atom is -0.393 e. The van der Waals surface area contributed by atoms with Crippen molar-refractivity contribution in [3.63, 3.8) is 0 Å². The van der Waals surface area contributed by atoms with Crippen LogP contribution in [-0.2, 0) is 28.7 Å². The van der Waals surface area contributed by atoms with Gasteiger partial charge in [0, 0.05) is 99.6 Å². The maximum Gasteiger partial charge on any atom is 0.273 e. The molecule has 2 amide bonds. The molecule has 0 spiro atoms. The molecule has 14 heteroatoms. The number of Topliss-reactive ketones (excluding diaryl/α,β-unsaturated/α-hetero) is 1. The molecule has 2 aliphatic heterocycles. The molecule has 2 heterocycles. The van der Waals surface area contributed by atoms with Crippen LogP contribution >= 0.6 is 0 Å². The van der Waals surface area contributed by atoms with Crippen LogP contribution in [0, 0.1) is 20.2 Å². The summed E-state index contributed by atoms with van der Waals surface area (Å²) < 4.78 is 0. The van der Waals surface area contributed by atoms with E-state index in [9.17, 15) is 39.7 Å². The second-order valence-corrected chi connectivity index (χ2v) is 20.3. The predicted octanol–water partition coefficient (Wildman–Crippen LogP) is 12.0. The highest BCUT2D eigenvalue weighted by Gasteiger charge is 2.45. The molecule has 0 bridgehead atoms. The van der Waals surface area contributed by atoms with Gasteiger partial charge in [-0.15, -0.1) is 0 Å². The van der Waals surface area contributed by atoms with Crippen LogP contribution in [-0.4, -0.2) is 111 Å². The van der Waals surface area contributed by atoms with Crippen LogP contribution in [0.2, 0.25) is 0 Å². The summed E-state index contributed by atoms with van der Waals surface area (Å²) in [6.45, 7) is 7.33. The van der Waals surface area contributed by atoms with Crippen LogP contribution in [0.4, 0.5) is 11.4 Å². The highest BCUT2D eigenvalue weighted by Crippen LogP contribution is 2.45. The lowest BCUT2D eigenvalue weighted by Crippen LogP contribution is -2.57. The van der Waals surface area contributed by atoms with E-state index in [1.807, 2.05) is 36.4 Å². The summed E-state index contributed by atoms with van der Waals surface area (Å²) in [6, 6.07) is 71.6. The second-order valence-electron chi connectivity index (χ2n) is 20.3. The molecule has 1 unspecified atom stereocenters. The lowest BCUT2D eigenvalue weighted by molar-refractivity contribution is -0.385. The van der Waals surface area contributed by atoms with Crippen molar-refractivity contribution in [3.05, 3.63) is 294 Å². The first-order chi connectivity index (χ1) is 38.8. The van der Waals surface area contributed by atoms with E-state index >= 15 is 0 Å². The van der Waals surface area contributed by atoms with E-state index in [1.165, 1.54) is 25.1 Å². The van der Waals surface area contributed by atoms with Gasteiger partial charge in [0.25, 0.3) is 23.2 Å². The van der Waals surface area contributed by atoms with Gasteiger partial charge in [-0.3, -0.25) is 44.4 Å². The van der Waals surface area contributed by atoms with Crippen LogP contribution in [0.5, 0.6) is 0 Å². The lowest BCUT2D eigenvalue weighted by atomic mass is 9.75. The molecule has 0 saturated carbocycles. The highest BCUT2D eigenvalue weighted by atomic mass is 16.6. The van der Waals surface area contributed by atoms with Crippen molar-refractivity contribution in [3.8, 4) is 0 Å². The van der Waals surface area contributed by atoms with E-state index in [4.69, 9.17) is 0 Å². The number of nitro benzene ring substituents is 2. The minimum absolute atomic E-state index is 0. The van der Waals surface area contributed by atoms with Crippen molar-refractivity contribution in [2.24, 2.45) is 0 Å². The number of hydrogen-bond donors (Lipinski definition) is 1. The summed E-state index contributed by atoms with van der Waals surface area (Å²) in [5.74, 6) is -0.644. The third kappa shape index (κ3) is 12.8. The van der Waals surface area contributed by atoms with E-state index in [2.05, 4.69) is 155 Å². The van der Waals surface area contributed by atoms with Crippen LogP contribution in [0.3, 0.4) is 0 Å². The third-order valence-electron chi connectivity index (χ3n) is 15.2. The molecule has 82 heavy (non-hydrogen) atoms. The summed E-state index contributed by atoms with van der Waals surface area (Å²) in [6.07, 6.45) is -0.596. The molecule has 14 nitrogen and oxygen atoms in total. The molecule has 422 valence electrons. The standard InChI is InChI=1S/C33H33N3O4.C33H31N3O4.2CH4/c2*1-25(37)23-26-17-18-27(24-31(26)36(39)40)32(38)34-19-21-35(22-20-34)33(28-11-5-2-6-12-28,29-13-7-3-8-14-29)30-15-9-4-10-16-30;;/h2-18,24-25,37H,19-23H2,1H3;2-18,24H,19-23H2,1H3;2*1H4. The number of nitro groups is 2. The third-order valence-corrected chi connectivity index (χ3v) is 15.2. The Balaban J connectivity index is 0.000000230. The van der Waals surface area contributed by atoms with Gasteiger partial charge in [0.2, 0.25) is 0 Å². The van der Waals surface area contributed by atoms with Gasteiger partial charge < -0.3 is 14.9 Å². The van der Waals surface area contributed by atoms with Gasteiger partial charge in [0.05, 0.1) is 27.0 Å². The molecule has 0 radical (unpaired) electrons. The zero-order chi connectivity index (χ0) is 56.2. The highest BCUT2D eigenvalue weighted by molar-refractivity contribution is 5.96. The fourth-order valence-corrected chi connectivity index (χ4v) is 11.7. The number of amides is 2. The summed E-state index contributed by atoms with van der Waals surface area (Å²) in [5, 5.41) is 33.1. The number of ketones is 1. The number of aliphatic hydroxyl groups excluding tert-OH is 1. The van der Waals surface area contributed by atoms with E-state index < -0.39 is 27.0 Å². The van der Waals surface area contributed by atoms with E-state index in [0.29, 0.717) is 63.5 Å². The van der Waals surface area contributed by atoms with Crippen molar-refractivity contribution in [2.75, 3.05) is 52.4 Å². The number of hydrogen-bond acceptors (Lipinski definition) is 10. The number of benzene rings is 8. The zero-order valence-corrected chi connectivity index (χ0v) is 44.9. The van der Waals surface area contributed by atoms with Crippen LogP contribution < -0.4 is 0 Å². The Hall–Kier alpha value is -8.95. The molecule has 0 aliphatic carbocycles. The number of carbonyl (C=O) groups excluding carboxylic acids is 3. The molecule has 1 atom stereocenters. The number of aliphatic hydroxyl groups is 1. The molecular weight excluding hydrogens is 1030 g/mol. The van der Waals surface area contributed by atoms with Gasteiger partial charge in [-0.25, -0.2) is 0 Å². The largest absolute Gasteiger partial charge is 0.393 e. The summed E-state index contributed by atoms with van der Waals surface area (Å²) in [5.41, 5.74) is 6.70. The van der Waals surface area contributed by atoms with Crippen LogP contribution in [0.1, 0.15) is 93.9 Å². The van der Waals surface area contributed by atoms with Crippen molar-refractivity contribution in [1.82, 2.24) is 19.6 Å². The fourth-order valence-electron chi connectivity index (χ4n) is 11.7. The van der Waals surface area contributed by atoms with Gasteiger partial charge in [-0.1, -0.05) is 209 Å². The number of carbonyl (C=O) groups is 3. The molecule has 10 rings (SSSR count). The summed E-state index contributed by atoms with van der Waals surface area (Å²) in [7, 11) is 0. The van der Waals surface area contributed by atoms with E-state index in [0.717, 1.165) is 33.4 Å². The quantitative estimate of drug-likeness (QED) is 0.0558. The summed E-state index contributed by atoms with van der Waals surface area (Å²) in [4.78, 5) is 69.3. The lowest BCUT2D eigenvalue weighted by Gasteiger charge is -2.49. The van der Waals surface area contributed by atoms with E-state index in [-0.39, 0.29) is 67.8 Å². The summed E-state index contributed by atoms with van der Waals surface area (Å²) >= 11 is 0. The molecule has 8 aromatic rings. The Morgan fingerprint density at radius 1 is 0.451 bits per heavy atom. The molecule has 1 N–H and O–H groups in total. The average molecular weight is 1100 g/mol. The van der Waals surface area contributed by atoms with Gasteiger partial charge >= 0.3 is 0 Å². The SMILES string of the molecule is C.C.CC(=O)Cc1ccc(C(=O)N2CCN(C(c3ccccc3)(c3ccccc3)c3ccccc3)CC2)cc1[N+](=O)[O-].CC(O)Cc1ccc(C(=O)N2CCN(C(c3ccccc3)(c3ccccc3)c3ccccc3)CC2)cc1[N+](=O)[O-]. The van der Waals surface area contributed by atoms with Gasteiger partial charge in [-0.2, -0.15) is 0 Å². The maximum absolute atomic E-state index is 13.5. The molecule has 8 aromatic carbocycles. The smallest absolute Gasteiger partial charge is 0.273 e. The Bertz CT molecular complexity index is 3220. The Kier molecular flexibility index (Phi) is 20.3. The van der Waals surface area contributed by atoms with Crippen molar-refractivity contribution < 1.29 is 29.3 Å². The first kappa shape index (κ1) is 60.7. The zero-order valence-electron chi connectivity index (χ0n) is 44.9. The molecule has 0 aromatic heterocycles. The number of nitrogens with zero attached hydrogens (tertiary/aromatic N) is 6. The monoisotopic (exact) mass is 1100 g/mol. The van der Waals surface area contributed by atoms with Crippen molar-refractivity contribution in [1.29, 1.82) is 0 Å². The average Bonchev–Trinajstić information content (AvgIpc) is 3.68. The second kappa shape index (κ2) is 27.5. The Morgan fingerprint density at radius 3 is 0.976 bits per heavy atom. The first-order valence-electron chi connectivity index (χ1n) is 27.0. The Labute approximate surface area is 481 Å². The molecule has 2 saturated heterocycles. The topological polar surface area (TPSA) is 171 Å². The predicted molar refractivity (Wildman–Crippen MR) is 323 cm³/mol. The van der Waals surface area contributed by atoms with Gasteiger partial charge in [0.15, 0.2) is 0 Å². The maximum atomic E-state index is 13.5. The first-order valence-corrected chi connectivity index (χ1v) is 27.0. The number of piperazine rings is 2. The normalized spacial score (nSPS) is 14.2. The van der Waals surface area contributed by atoms with Gasteiger partial charge in [0.1, 0.15) is 5.78 Å². The van der Waals surface area contributed by atoms with E-state index in [1.54, 1.807) is 34.9 Å². The molecule has 2 fully saturated rings.